The van der Waals surface area contributed by atoms with E-state index in [2.05, 4.69) is 20.8 Å². The molecule has 3 aromatic heterocycles. The van der Waals surface area contributed by atoms with Crippen molar-refractivity contribution in [1.29, 1.82) is 0 Å². The van der Waals surface area contributed by atoms with E-state index in [1.54, 1.807) is 12.5 Å². The van der Waals surface area contributed by atoms with Gasteiger partial charge < -0.3 is 20.8 Å². The highest BCUT2D eigenvalue weighted by Crippen LogP contribution is 2.30. The summed E-state index contributed by atoms with van der Waals surface area (Å²) in [4.78, 5) is 17.2. The number of aromatic amines is 1. The van der Waals surface area contributed by atoms with E-state index in [1.807, 2.05) is 30.3 Å². The second-order valence-electron chi connectivity index (χ2n) is 7.48. The number of aromatic nitrogens is 3. The number of fused-ring (bicyclic) bond motifs is 2. The highest BCUT2D eigenvalue weighted by molar-refractivity contribution is 5.98. The minimum absolute atomic E-state index is 0.0923. The van der Waals surface area contributed by atoms with Crippen LogP contribution in [0, 0.1) is 0 Å². The fraction of sp³-hybridized carbons (Fsp3) is 0.286. The van der Waals surface area contributed by atoms with E-state index in [1.165, 1.54) is 0 Å². The Morgan fingerprint density at radius 3 is 3.00 bits per heavy atom. The lowest BCUT2D eigenvalue weighted by molar-refractivity contribution is 0.403. The van der Waals surface area contributed by atoms with Gasteiger partial charge in [0.1, 0.15) is 17.2 Å². The minimum Gasteiger partial charge on any atom is -0.464 e. The third kappa shape index (κ3) is 3.31. The summed E-state index contributed by atoms with van der Waals surface area (Å²) in [5.74, 6) is 1.14. The summed E-state index contributed by atoms with van der Waals surface area (Å²) < 4.78 is 5.48. The van der Waals surface area contributed by atoms with Gasteiger partial charge in [-0.2, -0.15) is 5.10 Å². The molecule has 1 aliphatic carbocycles. The predicted octanol–water partition coefficient (Wildman–Crippen LogP) is 3.49. The van der Waals surface area contributed by atoms with Crippen LogP contribution in [0.3, 0.4) is 0 Å². The molecule has 0 radical (unpaired) electrons. The Morgan fingerprint density at radius 2 is 2.10 bits per heavy atom. The molecule has 0 unspecified atom stereocenters. The van der Waals surface area contributed by atoms with Gasteiger partial charge in [0.2, 0.25) is 0 Å². The third-order valence-corrected chi connectivity index (χ3v) is 5.55. The van der Waals surface area contributed by atoms with E-state index in [4.69, 9.17) is 15.1 Å². The van der Waals surface area contributed by atoms with E-state index in [0.29, 0.717) is 22.4 Å². The van der Waals surface area contributed by atoms with Crippen molar-refractivity contribution in [3.05, 3.63) is 53.1 Å². The summed E-state index contributed by atoms with van der Waals surface area (Å²) in [5, 5.41) is 15.3. The van der Waals surface area contributed by atoms with Crippen molar-refractivity contribution in [2.45, 2.75) is 37.8 Å². The normalized spacial score (nSPS) is 19.5. The maximum atomic E-state index is 12.5. The molecule has 4 aromatic rings. The zero-order valence-electron chi connectivity index (χ0n) is 15.8. The average molecular weight is 390 g/mol. The monoisotopic (exact) mass is 390 g/mol. The highest BCUT2D eigenvalue weighted by atomic mass is 16.3. The van der Waals surface area contributed by atoms with Crippen molar-refractivity contribution in [2.24, 2.45) is 5.73 Å². The lowest BCUT2D eigenvalue weighted by Crippen LogP contribution is -2.42. The van der Waals surface area contributed by atoms with Crippen LogP contribution in [0.5, 0.6) is 0 Å². The number of H-pyrrole nitrogens is 1. The van der Waals surface area contributed by atoms with Crippen molar-refractivity contribution in [2.75, 3.05) is 10.6 Å². The van der Waals surface area contributed by atoms with Gasteiger partial charge in [0.25, 0.3) is 5.56 Å². The third-order valence-electron chi connectivity index (χ3n) is 5.55. The van der Waals surface area contributed by atoms with Gasteiger partial charge in [-0.15, -0.1) is 0 Å². The molecule has 1 saturated carbocycles. The van der Waals surface area contributed by atoms with E-state index in [9.17, 15) is 4.79 Å². The molecular formula is C21H22N6O2. The highest BCUT2D eigenvalue weighted by Gasteiger charge is 2.22. The Balaban J connectivity index is 1.59. The first-order valence-corrected chi connectivity index (χ1v) is 9.83. The molecule has 1 aromatic carbocycles. The topological polar surface area (TPSA) is 122 Å². The molecule has 5 rings (SSSR count). The van der Waals surface area contributed by atoms with E-state index in [-0.39, 0.29) is 17.6 Å². The van der Waals surface area contributed by atoms with Crippen molar-refractivity contribution < 1.29 is 4.42 Å². The molecule has 1 aliphatic rings. The zero-order valence-corrected chi connectivity index (χ0v) is 15.8. The first kappa shape index (κ1) is 17.7. The Kier molecular flexibility index (Phi) is 4.40. The van der Waals surface area contributed by atoms with Gasteiger partial charge in [-0.25, -0.2) is 10.1 Å². The van der Waals surface area contributed by atoms with Gasteiger partial charge in [0, 0.05) is 22.9 Å². The molecule has 0 amide bonds. The Labute approximate surface area is 166 Å². The molecule has 0 spiro atoms. The Morgan fingerprint density at radius 1 is 1.21 bits per heavy atom. The van der Waals surface area contributed by atoms with Crippen molar-refractivity contribution in [3.63, 3.8) is 0 Å². The number of hydrogen-bond donors (Lipinski definition) is 4. The number of nitrogens with two attached hydrogens (primary N) is 1. The van der Waals surface area contributed by atoms with Gasteiger partial charge in [-0.05, 0) is 37.1 Å². The standard InChI is InChI=1S/C21H22N6O2/c22-14-4-1-2-5-16(14)24-18-10-12-11-23-27-21(28)19(12)20(26-18)25-15-6-3-7-17-13(15)8-9-29-17/h3,6-11,14,16H,1-2,4-5,22H2,(H,27,28)(H2,24,25,26)/t14-,16+/m0/s1. The van der Waals surface area contributed by atoms with Crippen LogP contribution in [0.2, 0.25) is 0 Å². The number of nitrogens with one attached hydrogen (secondary N) is 3. The second kappa shape index (κ2) is 7.21. The summed E-state index contributed by atoms with van der Waals surface area (Å²) in [6.45, 7) is 0. The smallest absolute Gasteiger partial charge is 0.275 e. The second-order valence-corrected chi connectivity index (χ2v) is 7.48. The van der Waals surface area contributed by atoms with Crippen LogP contribution in [-0.2, 0) is 0 Å². The van der Waals surface area contributed by atoms with Crippen LogP contribution in [0.4, 0.5) is 17.3 Å². The number of rotatable bonds is 4. The molecule has 8 nitrogen and oxygen atoms in total. The molecule has 2 atom stereocenters. The molecule has 0 bridgehead atoms. The maximum Gasteiger partial charge on any atom is 0.275 e. The SMILES string of the molecule is N[C@H]1CCCC[C@H]1Nc1cc2cn[nH]c(=O)c2c(Nc2cccc3occc23)n1. The van der Waals surface area contributed by atoms with E-state index < -0.39 is 0 Å². The summed E-state index contributed by atoms with van der Waals surface area (Å²) in [6, 6.07) is 9.70. The lowest BCUT2D eigenvalue weighted by atomic mass is 9.91. The van der Waals surface area contributed by atoms with Gasteiger partial charge in [0.15, 0.2) is 0 Å². The van der Waals surface area contributed by atoms with E-state index >= 15 is 0 Å². The molecule has 3 heterocycles. The van der Waals surface area contributed by atoms with Crippen LogP contribution in [-0.4, -0.2) is 27.3 Å². The van der Waals surface area contributed by atoms with Gasteiger partial charge in [-0.3, -0.25) is 4.79 Å². The Hall–Kier alpha value is -3.39. The minimum atomic E-state index is -0.294. The maximum absolute atomic E-state index is 12.5. The van der Waals surface area contributed by atoms with Crippen LogP contribution in [0.1, 0.15) is 25.7 Å². The Bertz CT molecular complexity index is 1230. The predicted molar refractivity (Wildman–Crippen MR) is 114 cm³/mol. The van der Waals surface area contributed by atoms with Crippen molar-refractivity contribution in [3.8, 4) is 0 Å². The zero-order chi connectivity index (χ0) is 19.8. The molecule has 0 saturated heterocycles. The number of anilines is 3. The number of nitrogens with zero attached hydrogens (tertiary/aromatic N) is 2. The number of benzene rings is 1. The van der Waals surface area contributed by atoms with Gasteiger partial charge in [0.05, 0.1) is 23.5 Å². The molecular weight excluding hydrogens is 368 g/mol. The van der Waals surface area contributed by atoms with Crippen LogP contribution < -0.4 is 21.9 Å². The molecule has 1 fully saturated rings. The van der Waals surface area contributed by atoms with Crippen LogP contribution in [0.25, 0.3) is 21.7 Å². The molecule has 0 aliphatic heterocycles. The first-order chi connectivity index (χ1) is 14.2. The molecule has 5 N–H and O–H groups in total. The lowest BCUT2D eigenvalue weighted by Gasteiger charge is -2.30. The van der Waals surface area contributed by atoms with Crippen molar-refractivity contribution >= 4 is 39.1 Å². The van der Waals surface area contributed by atoms with Crippen LogP contribution in [0.15, 0.2) is 52.0 Å². The van der Waals surface area contributed by atoms with Gasteiger partial charge in [-0.1, -0.05) is 18.9 Å². The number of hydrogen-bond acceptors (Lipinski definition) is 7. The van der Waals surface area contributed by atoms with E-state index in [0.717, 1.165) is 42.3 Å². The van der Waals surface area contributed by atoms with Crippen molar-refractivity contribution in [1.82, 2.24) is 15.2 Å². The van der Waals surface area contributed by atoms with Gasteiger partial charge >= 0.3 is 0 Å². The largest absolute Gasteiger partial charge is 0.464 e. The summed E-state index contributed by atoms with van der Waals surface area (Å²) in [5.41, 5.74) is 7.57. The summed E-state index contributed by atoms with van der Waals surface area (Å²) >= 11 is 0. The average Bonchev–Trinajstić information content (AvgIpc) is 3.20. The van der Waals surface area contributed by atoms with Crippen LogP contribution >= 0.6 is 0 Å². The fourth-order valence-electron chi connectivity index (χ4n) is 4.05. The summed E-state index contributed by atoms with van der Waals surface area (Å²) in [6.07, 6.45) is 7.58. The fourth-order valence-corrected chi connectivity index (χ4v) is 4.05. The molecule has 8 heteroatoms. The first-order valence-electron chi connectivity index (χ1n) is 9.83. The molecule has 29 heavy (non-hydrogen) atoms. The molecule has 148 valence electrons. The number of pyridine rings is 1. The number of furan rings is 1. The summed E-state index contributed by atoms with van der Waals surface area (Å²) in [7, 11) is 0. The quantitative estimate of drug-likeness (QED) is 0.421.